The zero-order valence-electron chi connectivity index (χ0n) is 12.5. The lowest BCUT2D eigenvalue weighted by molar-refractivity contribution is -0.123. The first-order valence-corrected chi connectivity index (χ1v) is 8.70. The zero-order valence-corrected chi connectivity index (χ0v) is 13.3. The van der Waals surface area contributed by atoms with E-state index in [9.17, 15) is 19.5 Å². The molecule has 2 bridgehead atoms. The first-order chi connectivity index (χ1) is 11.6. The number of benzene rings is 1. The Labute approximate surface area is 141 Å². The molecule has 24 heavy (non-hydrogen) atoms. The SMILES string of the molecule is O=C(O)c1sc2ccccc2c1N1C(=O)[C@@H]2[C@H](C1=O)[C@@H]1C=C[C@H]2C1. The van der Waals surface area contributed by atoms with Crippen LogP contribution in [0.15, 0.2) is 36.4 Å². The largest absolute Gasteiger partial charge is 0.477 e. The lowest BCUT2D eigenvalue weighted by Crippen LogP contribution is -2.33. The third kappa shape index (κ3) is 1.56. The van der Waals surface area contributed by atoms with E-state index in [0.717, 1.165) is 27.4 Å². The molecule has 1 aromatic heterocycles. The number of aromatic carboxylic acids is 1. The molecule has 2 heterocycles. The average Bonchev–Trinajstić information content (AvgIpc) is 3.30. The molecular formula is C18H13NO4S. The van der Waals surface area contributed by atoms with E-state index in [1.807, 2.05) is 24.3 Å². The molecule has 1 N–H and O–H groups in total. The van der Waals surface area contributed by atoms with Crippen molar-refractivity contribution in [2.75, 3.05) is 4.90 Å². The van der Waals surface area contributed by atoms with Crippen LogP contribution in [0.2, 0.25) is 0 Å². The van der Waals surface area contributed by atoms with Gasteiger partial charge in [0.1, 0.15) is 4.88 Å². The van der Waals surface area contributed by atoms with E-state index in [2.05, 4.69) is 0 Å². The Bertz CT molecular complexity index is 929. The molecule has 6 heteroatoms. The number of anilines is 1. The van der Waals surface area contributed by atoms with Crippen LogP contribution in [0, 0.1) is 23.7 Å². The number of carbonyl (C=O) groups is 3. The molecule has 1 saturated heterocycles. The smallest absolute Gasteiger partial charge is 0.348 e. The van der Waals surface area contributed by atoms with Gasteiger partial charge in [0.25, 0.3) is 0 Å². The zero-order chi connectivity index (χ0) is 16.6. The van der Waals surface area contributed by atoms with Crippen molar-refractivity contribution in [1.29, 1.82) is 0 Å². The monoisotopic (exact) mass is 339 g/mol. The number of carboxylic acid groups (broad SMARTS) is 1. The van der Waals surface area contributed by atoms with Gasteiger partial charge in [-0.2, -0.15) is 0 Å². The van der Waals surface area contributed by atoms with E-state index in [-0.39, 0.29) is 46.1 Å². The molecule has 1 aromatic carbocycles. The number of amides is 2. The van der Waals surface area contributed by atoms with Crippen LogP contribution in [0.3, 0.4) is 0 Å². The summed E-state index contributed by atoms with van der Waals surface area (Å²) in [6.07, 6.45) is 4.92. The second-order valence-corrected chi connectivity index (χ2v) is 7.65. The fourth-order valence-electron chi connectivity index (χ4n) is 4.52. The molecule has 2 fully saturated rings. The van der Waals surface area contributed by atoms with Crippen LogP contribution in [0.25, 0.3) is 10.1 Å². The maximum Gasteiger partial charge on any atom is 0.348 e. The Balaban J connectivity index is 1.71. The summed E-state index contributed by atoms with van der Waals surface area (Å²) < 4.78 is 0.767. The van der Waals surface area contributed by atoms with Crippen molar-refractivity contribution < 1.29 is 19.5 Å². The minimum atomic E-state index is -1.11. The Kier molecular flexibility index (Phi) is 2.63. The molecule has 2 amide bonds. The van der Waals surface area contributed by atoms with Gasteiger partial charge in [-0.25, -0.2) is 9.69 Å². The average molecular weight is 339 g/mol. The van der Waals surface area contributed by atoms with Gasteiger partial charge in [-0.1, -0.05) is 30.4 Å². The van der Waals surface area contributed by atoms with Gasteiger partial charge in [0.05, 0.1) is 17.5 Å². The van der Waals surface area contributed by atoms with Gasteiger partial charge in [0.2, 0.25) is 11.8 Å². The summed E-state index contributed by atoms with van der Waals surface area (Å²) in [6.45, 7) is 0. The molecular weight excluding hydrogens is 326 g/mol. The summed E-state index contributed by atoms with van der Waals surface area (Å²) in [4.78, 5) is 38.9. The lowest BCUT2D eigenvalue weighted by Gasteiger charge is -2.17. The van der Waals surface area contributed by atoms with Crippen molar-refractivity contribution in [2.45, 2.75) is 6.42 Å². The fourth-order valence-corrected chi connectivity index (χ4v) is 5.55. The normalized spacial score (nSPS) is 30.6. The van der Waals surface area contributed by atoms with E-state index in [1.54, 1.807) is 12.1 Å². The quantitative estimate of drug-likeness (QED) is 0.674. The molecule has 4 atom stereocenters. The predicted molar refractivity (Wildman–Crippen MR) is 89.0 cm³/mol. The van der Waals surface area contributed by atoms with Gasteiger partial charge in [-0.05, 0) is 24.3 Å². The molecule has 3 aliphatic rings. The number of hydrogen-bond donors (Lipinski definition) is 1. The Hall–Kier alpha value is -2.47. The van der Waals surface area contributed by atoms with E-state index >= 15 is 0 Å². The summed E-state index contributed by atoms with van der Waals surface area (Å²) >= 11 is 1.11. The summed E-state index contributed by atoms with van der Waals surface area (Å²) in [5.74, 6) is -2.02. The Morgan fingerprint density at radius 2 is 1.71 bits per heavy atom. The standard InChI is InChI=1S/C18H13NO4S/c20-16-12-8-5-6-9(7-8)13(12)17(21)19(16)14-10-3-1-2-4-11(10)24-15(14)18(22)23/h1-6,8-9,12-13H,7H2,(H,22,23)/t8-,9+,12-,13+. The highest BCUT2D eigenvalue weighted by Gasteiger charge is 2.60. The Morgan fingerprint density at radius 3 is 2.33 bits per heavy atom. The van der Waals surface area contributed by atoms with Crippen molar-refractivity contribution in [3.05, 3.63) is 41.3 Å². The van der Waals surface area contributed by atoms with Crippen LogP contribution in [-0.2, 0) is 9.59 Å². The summed E-state index contributed by atoms with van der Waals surface area (Å²) in [7, 11) is 0. The molecule has 2 aliphatic carbocycles. The topological polar surface area (TPSA) is 74.7 Å². The van der Waals surface area contributed by atoms with Gasteiger partial charge in [0, 0.05) is 10.1 Å². The van der Waals surface area contributed by atoms with Crippen molar-refractivity contribution >= 4 is 44.9 Å². The van der Waals surface area contributed by atoms with Crippen LogP contribution in [0.1, 0.15) is 16.1 Å². The van der Waals surface area contributed by atoms with Crippen LogP contribution >= 0.6 is 11.3 Å². The first-order valence-electron chi connectivity index (χ1n) is 7.89. The number of carbonyl (C=O) groups excluding carboxylic acids is 2. The van der Waals surface area contributed by atoms with Crippen molar-refractivity contribution in [1.82, 2.24) is 0 Å². The van der Waals surface area contributed by atoms with Gasteiger partial charge in [0.15, 0.2) is 0 Å². The number of fused-ring (bicyclic) bond motifs is 6. The highest BCUT2D eigenvalue weighted by Crippen LogP contribution is 2.54. The van der Waals surface area contributed by atoms with Crippen molar-refractivity contribution in [2.24, 2.45) is 23.7 Å². The minimum Gasteiger partial charge on any atom is -0.477 e. The number of imide groups is 1. The second kappa shape index (κ2) is 4.54. The number of allylic oxidation sites excluding steroid dienone is 2. The van der Waals surface area contributed by atoms with Crippen LogP contribution < -0.4 is 4.90 Å². The number of hydrogen-bond acceptors (Lipinski definition) is 4. The van der Waals surface area contributed by atoms with Gasteiger partial charge in [-0.15, -0.1) is 11.3 Å². The molecule has 1 saturated carbocycles. The fraction of sp³-hybridized carbons (Fsp3) is 0.278. The molecule has 0 radical (unpaired) electrons. The minimum absolute atomic E-state index is 0.0539. The second-order valence-electron chi connectivity index (χ2n) is 6.59. The molecule has 5 nitrogen and oxygen atoms in total. The summed E-state index contributed by atoms with van der Waals surface area (Å²) in [5.41, 5.74) is 0.256. The van der Waals surface area contributed by atoms with E-state index in [4.69, 9.17) is 0 Å². The number of nitrogens with zero attached hydrogens (tertiary/aromatic N) is 1. The number of carboxylic acids is 1. The molecule has 0 spiro atoms. The van der Waals surface area contributed by atoms with Gasteiger partial charge >= 0.3 is 5.97 Å². The molecule has 0 unspecified atom stereocenters. The third-order valence-electron chi connectivity index (χ3n) is 5.46. The van der Waals surface area contributed by atoms with Gasteiger partial charge < -0.3 is 5.11 Å². The number of rotatable bonds is 2. The Morgan fingerprint density at radius 1 is 1.08 bits per heavy atom. The summed E-state index contributed by atoms with van der Waals surface area (Å²) in [5, 5.41) is 10.2. The maximum absolute atomic E-state index is 13.0. The van der Waals surface area contributed by atoms with Gasteiger partial charge in [-0.3, -0.25) is 9.59 Å². The highest BCUT2D eigenvalue weighted by molar-refractivity contribution is 7.21. The van der Waals surface area contributed by atoms with E-state index in [1.165, 1.54) is 0 Å². The van der Waals surface area contributed by atoms with Crippen molar-refractivity contribution in [3.8, 4) is 0 Å². The van der Waals surface area contributed by atoms with Crippen LogP contribution in [0.5, 0.6) is 0 Å². The van der Waals surface area contributed by atoms with Crippen LogP contribution in [-0.4, -0.2) is 22.9 Å². The molecule has 5 rings (SSSR count). The molecule has 120 valence electrons. The van der Waals surface area contributed by atoms with E-state index < -0.39 is 5.97 Å². The van der Waals surface area contributed by atoms with Crippen LogP contribution in [0.4, 0.5) is 5.69 Å². The third-order valence-corrected chi connectivity index (χ3v) is 6.61. The highest BCUT2D eigenvalue weighted by atomic mass is 32.1. The number of thiophene rings is 1. The lowest BCUT2D eigenvalue weighted by atomic mass is 9.85. The van der Waals surface area contributed by atoms with E-state index in [0.29, 0.717) is 5.39 Å². The first kappa shape index (κ1) is 13.9. The summed E-state index contributed by atoms with van der Waals surface area (Å²) in [6, 6.07) is 7.20. The molecule has 1 aliphatic heterocycles. The maximum atomic E-state index is 13.0. The predicted octanol–water partition coefficient (Wildman–Crippen LogP) is 2.91. The van der Waals surface area contributed by atoms with Crippen molar-refractivity contribution in [3.63, 3.8) is 0 Å². The molecule has 2 aromatic rings.